The minimum atomic E-state index is -0.0582. The van der Waals surface area contributed by atoms with E-state index in [9.17, 15) is 4.79 Å². The van der Waals surface area contributed by atoms with E-state index in [-0.39, 0.29) is 11.9 Å². The fraction of sp³-hybridized carbons (Fsp3) is 0.357. The van der Waals surface area contributed by atoms with Crippen LogP contribution in [0.4, 0.5) is 5.69 Å². The summed E-state index contributed by atoms with van der Waals surface area (Å²) >= 11 is 0. The number of benzene rings is 1. The zero-order valence-corrected chi connectivity index (χ0v) is 11.6. The number of anilines is 1. The Kier molecular flexibility index (Phi) is 4.70. The Labute approximate surface area is 117 Å². The van der Waals surface area contributed by atoms with Crippen molar-refractivity contribution >= 4 is 11.6 Å². The minimum Gasteiger partial charge on any atom is -0.494 e. The summed E-state index contributed by atoms with van der Waals surface area (Å²) in [4.78, 5) is 15.8. The molecule has 1 N–H and O–H groups in total. The summed E-state index contributed by atoms with van der Waals surface area (Å²) in [5.41, 5.74) is 0.754. The maximum atomic E-state index is 11.9. The van der Waals surface area contributed by atoms with Crippen molar-refractivity contribution in [2.45, 2.75) is 26.3 Å². The van der Waals surface area contributed by atoms with Crippen molar-refractivity contribution < 1.29 is 9.53 Å². The van der Waals surface area contributed by atoms with E-state index in [0.29, 0.717) is 13.0 Å². The molecule has 2 aromatic rings. The van der Waals surface area contributed by atoms with Crippen LogP contribution in [-0.4, -0.2) is 27.3 Å². The maximum absolute atomic E-state index is 11.9. The lowest BCUT2D eigenvalue weighted by Crippen LogP contribution is -2.17. The molecule has 0 bridgehead atoms. The number of aromatic nitrogens is 3. The van der Waals surface area contributed by atoms with Crippen LogP contribution in [0, 0.1) is 0 Å². The van der Waals surface area contributed by atoms with Gasteiger partial charge in [-0.2, -0.15) is 5.10 Å². The van der Waals surface area contributed by atoms with Gasteiger partial charge in [-0.25, -0.2) is 9.67 Å². The molecule has 1 amide bonds. The zero-order chi connectivity index (χ0) is 14.4. The predicted octanol–water partition coefficient (Wildman–Crippen LogP) is 2.27. The highest BCUT2D eigenvalue weighted by molar-refractivity contribution is 5.90. The van der Waals surface area contributed by atoms with Crippen LogP contribution in [0.2, 0.25) is 0 Å². The van der Waals surface area contributed by atoms with Crippen molar-refractivity contribution in [1.82, 2.24) is 14.8 Å². The number of ether oxygens (including phenoxy) is 1. The second-order valence-corrected chi connectivity index (χ2v) is 4.43. The molecule has 1 aromatic carbocycles. The second kappa shape index (κ2) is 6.70. The highest BCUT2D eigenvalue weighted by atomic mass is 16.5. The first-order valence-corrected chi connectivity index (χ1v) is 6.56. The van der Waals surface area contributed by atoms with Gasteiger partial charge >= 0.3 is 0 Å². The van der Waals surface area contributed by atoms with E-state index in [1.807, 2.05) is 38.1 Å². The maximum Gasteiger partial charge on any atom is 0.226 e. The molecular weight excluding hydrogens is 256 g/mol. The van der Waals surface area contributed by atoms with Gasteiger partial charge in [0.25, 0.3) is 0 Å². The SMILES string of the molecule is CCOc1ccc(NC(=O)CC(C)n2cncn2)cc1. The van der Waals surface area contributed by atoms with Crippen LogP contribution >= 0.6 is 0 Å². The lowest BCUT2D eigenvalue weighted by atomic mass is 10.2. The van der Waals surface area contributed by atoms with Gasteiger partial charge in [0, 0.05) is 12.1 Å². The van der Waals surface area contributed by atoms with Gasteiger partial charge in [0.2, 0.25) is 5.91 Å². The first kappa shape index (κ1) is 14.0. The fourth-order valence-corrected chi connectivity index (χ4v) is 1.82. The van der Waals surface area contributed by atoms with E-state index < -0.39 is 0 Å². The molecular formula is C14H18N4O2. The second-order valence-electron chi connectivity index (χ2n) is 4.43. The Morgan fingerprint density at radius 3 is 2.75 bits per heavy atom. The standard InChI is InChI=1S/C14H18N4O2/c1-3-20-13-6-4-12(5-7-13)17-14(19)8-11(2)18-10-15-9-16-18/h4-7,9-11H,3,8H2,1-2H3,(H,17,19). The van der Waals surface area contributed by atoms with Gasteiger partial charge in [0.05, 0.1) is 12.6 Å². The molecule has 1 unspecified atom stereocenters. The predicted molar refractivity (Wildman–Crippen MR) is 75.6 cm³/mol. The number of amides is 1. The molecule has 0 saturated carbocycles. The number of nitrogens with one attached hydrogen (secondary N) is 1. The Hall–Kier alpha value is -2.37. The molecule has 0 spiro atoms. The van der Waals surface area contributed by atoms with E-state index in [1.165, 1.54) is 6.33 Å². The van der Waals surface area contributed by atoms with Crippen LogP contribution in [0.25, 0.3) is 0 Å². The number of carbonyl (C=O) groups is 1. The number of carbonyl (C=O) groups excluding carboxylic acids is 1. The summed E-state index contributed by atoms with van der Waals surface area (Å²) < 4.78 is 7.01. The molecule has 6 nitrogen and oxygen atoms in total. The molecule has 0 aliphatic rings. The van der Waals surface area contributed by atoms with Crippen LogP contribution in [-0.2, 0) is 4.79 Å². The largest absolute Gasteiger partial charge is 0.494 e. The third-order valence-electron chi connectivity index (χ3n) is 2.82. The molecule has 20 heavy (non-hydrogen) atoms. The van der Waals surface area contributed by atoms with E-state index in [2.05, 4.69) is 15.4 Å². The highest BCUT2D eigenvalue weighted by Crippen LogP contribution is 2.16. The smallest absolute Gasteiger partial charge is 0.226 e. The van der Waals surface area contributed by atoms with Crippen LogP contribution in [0.5, 0.6) is 5.75 Å². The van der Waals surface area contributed by atoms with E-state index in [4.69, 9.17) is 4.74 Å². The van der Waals surface area contributed by atoms with E-state index >= 15 is 0 Å². The topological polar surface area (TPSA) is 69.0 Å². The number of hydrogen-bond donors (Lipinski definition) is 1. The lowest BCUT2D eigenvalue weighted by Gasteiger charge is -2.12. The molecule has 2 rings (SSSR count). The molecule has 106 valence electrons. The van der Waals surface area contributed by atoms with Crippen LogP contribution in [0.15, 0.2) is 36.9 Å². The average molecular weight is 274 g/mol. The van der Waals surface area contributed by atoms with E-state index in [0.717, 1.165) is 11.4 Å². The Balaban J connectivity index is 1.87. The quantitative estimate of drug-likeness (QED) is 0.877. The summed E-state index contributed by atoms with van der Waals surface area (Å²) in [5.74, 6) is 0.735. The first-order valence-electron chi connectivity index (χ1n) is 6.56. The molecule has 1 atom stereocenters. The summed E-state index contributed by atoms with van der Waals surface area (Å²) in [6, 6.07) is 7.28. The van der Waals surface area contributed by atoms with Gasteiger partial charge < -0.3 is 10.1 Å². The van der Waals surface area contributed by atoms with Crippen LogP contribution in [0.3, 0.4) is 0 Å². The van der Waals surface area contributed by atoms with Crippen molar-refractivity contribution in [3.8, 4) is 5.75 Å². The monoisotopic (exact) mass is 274 g/mol. The van der Waals surface area contributed by atoms with Gasteiger partial charge in [-0.15, -0.1) is 0 Å². The molecule has 1 aromatic heterocycles. The van der Waals surface area contributed by atoms with Crippen LogP contribution < -0.4 is 10.1 Å². The third kappa shape index (κ3) is 3.81. The number of nitrogens with zero attached hydrogens (tertiary/aromatic N) is 3. The summed E-state index contributed by atoms with van der Waals surface area (Å²) in [6.07, 6.45) is 3.41. The first-order chi connectivity index (χ1) is 9.69. The normalized spacial score (nSPS) is 11.9. The van der Waals surface area contributed by atoms with Gasteiger partial charge in [-0.05, 0) is 38.1 Å². The van der Waals surface area contributed by atoms with Crippen molar-refractivity contribution in [3.63, 3.8) is 0 Å². The summed E-state index contributed by atoms with van der Waals surface area (Å²) in [5, 5.41) is 6.87. The Morgan fingerprint density at radius 1 is 1.40 bits per heavy atom. The van der Waals surface area contributed by atoms with Gasteiger partial charge in [-0.3, -0.25) is 4.79 Å². The van der Waals surface area contributed by atoms with Gasteiger partial charge in [0.15, 0.2) is 0 Å². The van der Waals surface area contributed by atoms with E-state index in [1.54, 1.807) is 11.0 Å². The lowest BCUT2D eigenvalue weighted by molar-refractivity contribution is -0.116. The minimum absolute atomic E-state index is 0.0276. The average Bonchev–Trinajstić information content (AvgIpc) is 2.95. The highest BCUT2D eigenvalue weighted by Gasteiger charge is 2.11. The zero-order valence-electron chi connectivity index (χ0n) is 11.6. The van der Waals surface area contributed by atoms with Crippen molar-refractivity contribution in [1.29, 1.82) is 0 Å². The van der Waals surface area contributed by atoms with Crippen molar-refractivity contribution in [2.24, 2.45) is 0 Å². The molecule has 0 fully saturated rings. The molecule has 0 aliphatic carbocycles. The van der Waals surface area contributed by atoms with Gasteiger partial charge in [0.1, 0.15) is 18.4 Å². The fourth-order valence-electron chi connectivity index (χ4n) is 1.82. The van der Waals surface area contributed by atoms with Crippen LogP contribution in [0.1, 0.15) is 26.3 Å². The third-order valence-corrected chi connectivity index (χ3v) is 2.82. The number of hydrogen-bond acceptors (Lipinski definition) is 4. The molecule has 0 aliphatic heterocycles. The molecule has 1 heterocycles. The van der Waals surface area contributed by atoms with Crippen molar-refractivity contribution in [2.75, 3.05) is 11.9 Å². The summed E-state index contributed by atoms with van der Waals surface area (Å²) in [6.45, 7) is 4.48. The molecule has 0 saturated heterocycles. The van der Waals surface area contributed by atoms with Crippen molar-refractivity contribution in [3.05, 3.63) is 36.9 Å². The number of rotatable bonds is 6. The molecule has 0 radical (unpaired) electrons. The Bertz CT molecular complexity index is 537. The van der Waals surface area contributed by atoms with Gasteiger partial charge in [-0.1, -0.05) is 0 Å². The summed E-state index contributed by atoms with van der Waals surface area (Å²) in [7, 11) is 0. The molecule has 6 heteroatoms. The Morgan fingerprint density at radius 2 is 2.15 bits per heavy atom.